The highest BCUT2D eigenvalue weighted by Crippen LogP contribution is 2.19. The molecule has 8 N–H and O–H groups in total. The Hall–Kier alpha value is -3.58. The smallest absolute Gasteiger partial charge is 0.326 e. The number of thioether (sulfide) groups is 1. The van der Waals surface area contributed by atoms with Gasteiger partial charge in [0.15, 0.2) is 0 Å². The first-order valence-electron chi connectivity index (χ1n) is 12.4. The van der Waals surface area contributed by atoms with Gasteiger partial charge in [0, 0.05) is 23.5 Å². The third-order valence-corrected chi connectivity index (χ3v) is 7.02. The lowest BCUT2D eigenvalue weighted by molar-refractivity contribution is -0.142. The van der Waals surface area contributed by atoms with E-state index in [4.69, 9.17) is 5.73 Å². The lowest BCUT2D eigenvalue weighted by Crippen LogP contribution is -2.58. The third-order valence-electron chi connectivity index (χ3n) is 6.37. The zero-order chi connectivity index (χ0) is 27.7. The molecule has 1 saturated heterocycles. The zero-order valence-corrected chi connectivity index (χ0v) is 21.9. The minimum atomic E-state index is -1.41. The number of hydrogen-bond donors (Lipinski definition) is 7. The topological polar surface area (TPSA) is 196 Å². The molecule has 38 heavy (non-hydrogen) atoms. The standard InChI is InChI=1S/C25H34N6O6S/c1-38-10-8-18(25(36)37)29-24(35)20(12-21(26)32)31-23(34)19(30-22(33)17-7-4-9-27-17)11-14-13-28-16-6-3-2-5-15(14)16/h2-3,5-6,13,17-20,27-28H,4,7-12H2,1H3,(H2,26,32)(H,29,35)(H,30,33)(H,31,34)(H,36,37). The molecule has 1 aromatic carbocycles. The molecular weight excluding hydrogens is 512 g/mol. The molecule has 1 aliphatic heterocycles. The molecule has 1 aromatic heterocycles. The van der Waals surface area contributed by atoms with Crippen LogP contribution in [-0.2, 0) is 30.4 Å². The van der Waals surface area contributed by atoms with E-state index < -0.39 is 54.3 Å². The number of rotatable bonds is 14. The maximum absolute atomic E-state index is 13.4. The minimum Gasteiger partial charge on any atom is -0.480 e. The van der Waals surface area contributed by atoms with Crippen molar-refractivity contribution in [2.24, 2.45) is 5.73 Å². The van der Waals surface area contributed by atoms with Gasteiger partial charge in [0.25, 0.3) is 0 Å². The van der Waals surface area contributed by atoms with Gasteiger partial charge in [-0.05, 0) is 49.4 Å². The second kappa shape index (κ2) is 13.8. The van der Waals surface area contributed by atoms with Crippen LogP contribution in [0.3, 0.4) is 0 Å². The van der Waals surface area contributed by atoms with Crippen LogP contribution in [0.1, 0.15) is 31.2 Å². The molecular formula is C25H34N6O6S. The molecule has 4 amide bonds. The van der Waals surface area contributed by atoms with Crippen molar-refractivity contribution >= 4 is 52.3 Å². The Bertz CT molecular complexity index is 1160. The van der Waals surface area contributed by atoms with E-state index in [9.17, 15) is 29.1 Å². The Kier molecular flexibility index (Phi) is 10.5. The van der Waals surface area contributed by atoms with E-state index >= 15 is 0 Å². The summed E-state index contributed by atoms with van der Waals surface area (Å²) < 4.78 is 0. The van der Waals surface area contributed by atoms with Gasteiger partial charge in [-0.25, -0.2) is 4.79 Å². The minimum absolute atomic E-state index is 0.116. The van der Waals surface area contributed by atoms with E-state index in [-0.39, 0.29) is 18.7 Å². The van der Waals surface area contributed by atoms with Crippen molar-refractivity contribution in [1.29, 1.82) is 0 Å². The fourth-order valence-corrected chi connectivity index (χ4v) is 4.83. The molecule has 4 atom stereocenters. The first-order chi connectivity index (χ1) is 18.2. The summed E-state index contributed by atoms with van der Waals surface area (Å²) in [6.45, 7) is 0.694. The van der Waals surface area contributed by atoms with Gasteiger partial charge in [-0.2, -0.15) is 11.8 Å². The van der Waals surface area contributed by atoms with E-state index in [1.165, 1.54) is 11.8 Å². The number of carboxylic acids is 1. The number of aromatic nitrogens is 1. The van der Waals surface area contributed by atoms with Crippen LogP contribution in [0.25, 0.3) is 10.9 Å². The number of carboxylic acid groups (broad SMARTS) is 1. The van der Waals surface area contributed by atoms with Gasteiger partial charge >= 0.3 is 5.97 Å². The Morgan fingerprint density at radius 1 is 1.08 bits per heavy atom. The Morgan fingerprint density at radius 3 is 2.45 bits per heavy atom. The summed E-state index contributed by atoms with van der Waals surface area (Å²) >= 11 is 1.42. The highest BCUT2D eigenvalue weighted by Gasteiger charge is 2.32. The molecule has 1 fully saturated rings. The van der Waals surface area contributed by atoms with E-state index in [1.807, 2.05) is 24.3 Å². The van der Waals surface area contributed by atoms with Gasteiger partial charge in [-0.15, -0.1) is 0 Å². The Morgan fingerprint density at radius 2 is 1.79 bits per heavy atom. The molecule has 0 aliphatic carbocycles. The number of para-hydroxylation sites is 1. The largest absolute Gasteiger partial charge is 0.480 e. The number of fused-ring (bicyclic) bond motifs is 1. The molecule has 13 heteroatoms. The van der Waals surface area contributed by atoms with Crippen molar-refractivity contribution in [2.45, 2.75) is 56.3 Å². The van der Waals surface area contributed by atoms with Crippen molar-refractivity contribution in [3.8, 4) is 0 Å². The van der Waals surface area contributed by atoms with Crippen LogP contribution in [0, 0.1) is 0 Å². The normalized spacial score (nSPS) is 17.3. The second-order valence-electron chi connectivity index (χ2n) is 9.19. The number of hydrogen-bond acceptors (Lipinski definition) is 7. The van der Waals surface area contributed by atoms with Gasteiger partial charge in [0.2, 0.25) is 23.6 Å². The number of carbonyl (C=O) groups is 5. The summed E-state index contributed by atoms with van der Waals surface area (Å²) in [6.07, 6.45) is 4.76. The summed E-state index contributed by atoms with van der Waals surface area (Å²) in [7, 11) is 0. The average Bonchev–Trinajstić information content (AvgIpc) is 3.56. The summed E-state index contributed by atoms with van der Waals surface area (Å²) in [5, 5.41) is 21.1. The number of aliphatic carboxylic acids is 1. The number of amides is 4. The van der Waals surface area contributed by atoms with Crippen LogP contribution in [0.5, 0.6) is 0 Å². The molecule has 2 heterocycles. The first kappa shape index (κ1) is 29.0. The number of primary amides is 1. The van der Waals surface area contributed by atoms with E-state index in [1.54, 1.807) is 12.5 Å². The average molecular weight is 547 g/mol. The molecule has 12 nitrogen and oxygen atoms in total. The molecule has 206 valence electrons. The monoisotopic (exact) mass is 546 g/mol. The fraction of sp³-hybridized carbons (Fsp3) is 0.480. The summed E-state index contributed by atoms with van der Waals surface area (Å²) in [5.41, 5.74) is 6.96. The van der Waals surface area contributed by atoms with Gasteiger partial charge in [-0.3, -0.25) is 19.2 Å². The highest BCUT2D eigenvalue weighted by molar-refractivity contribution is 7.98. The van der Waals surface area contributed by atoms with E-state index in [0.717, 1.165) is 22.9 Å². The predicted octanol–water partition coefficient (Wildman–Crippen LogP) is -0.370. The third kappa shape index (κ3) is 7.96. The predicted molar refractivity (Wildman–Crippen MR) is 143 cm³/mol. The Labute approximate surface area is 224 Å². The van der Waals surface area contributed by atoms with Crippen molar-refractivity contribution in [1.82, 2.24) is 26.3 Å². The maximum atomic E-state index is 13.4. The molecule has 0 saturated carbocycles. The summed E-state index contributed by atoms with van der Waals surface area (Å²) in [6, 6.07) is 3.39. The van der Waals surface area contributed by atoms with Crippen LogP contribution in [0.2, 0.25) is 0 Å². The van der Waals surface area contributed by atoms with E-state index in [2.05, 4.69) is 26.3 Å². The van der Waals surface area contributed by atoms with Crippen molar-refractivity contribution in [2.75, 3.05) is 18.6 Å². The molecule has 4 unspecified atom stereocenters. The van der Waals surface area contributed by atoms with E-state index in [0.29, 0.717) is 18.7 Å². The molecule has 0 spiro atoms. The lowest BCUT2D eigenvalue weighted by atomic mass is 10.0. The number of nitrogens with two attached hydrogens (primary N) is 1. The van der Waals surface area contributed by atoms with Crippen LogP contribution in [-0.4, -0.2) is 82.4 Å². The van der Waals surface area contributed by atoms with Crippen LogP contribution < -0.4 is 27.0 Å². The molecule has 0 radical (unpaired) electrons. The number of carbonyl (C=O) groups excluding carboxylic acids is 4. The van der Waals surface area contributed by atoms with Crippen molar-refractivity contribution < 1.29 is 29.1 Å². The molecule has 3 rings (SSSR count). The van der Waals surface area contributed by atoms with Gasteiger partial charge < -0.3 is 37.1 Å². The molecule has 2 aromatic rings. The molecule has 1 aliphatic rings. The van der Waals surface area contributed by atoms with Crippen LogP contribution >= 0.6 is 11.8 Å². The Balaban J connectivity index is 1.80. The SMILES string of the molecule is CSCCC(NC(=O)C(CC(N)=O)NC(=O)C(Cc1c[nH]c2ccccc12)NC(=O)C1CCCN1)C(=O)O. The lowest BCUT2D eigenvalue weighted by Gasteiger charge is -2.25. The first-order valence-corrected chi connectivity index (χ1v) is 13.8. The number of nitrogens with one attached hydrogen (secondary N) is 5. The summed E-state index contributed by atoms with van der Waals surface area (Å²) in [5.74, 6) is -3.49. The fourth-order valence-electron chi connectivity index (χ4n) is 4.36. The second-order valence-corrected chi connectivity index (χ2v) is 10.2. The van der Waals surface area contributed by atoms with Crippen molar-refractivity contribution in [3.05, 3.63) is 36.0 Å². The maximum Gasteiger partial charge on any atom is 0.326 e. The van der Waals surface area contributed by atoms with Gasteiger partial charge in [-0.1, -0.05) is 18.2 Å². The number of benzene rings is 1. The van der Waals surface area contributed by atoms with Crippen LogP contribution in [0.4, 0.5) is 0 Å². The quantitative estimate of drug-likeness (QED) is 0.167. The van der Waals surface area contributed by atoms with Gasteiger partial charge in [0.1, 0.15) is 18.1 Å². The van der Waals surface area contributed by atoms with Crippen molar-refractivity contribution in [3.63, 3.8) is 0 Å². The summed E-state index contributed by atoms with van der Waals surface area (Å²) in [4.78, 5) is 65.7. The highest BCUT2D eigenvalue weighted by atomic mass is 32.2. The molecule has 0 bridgehead atoms. The number of H-pyrrole nitrogens is 1. The zero-order valence-electron chi connectivity index (χ0n) is 21.1. The number of aromatic amines is 1. The van der Waals surface area contributed by atoms with Gasteiger partial charge in [0.05, 0.1) is 12.5 Å². The van der Waals surface area contributed by atoms with Crippen LogP contribution in [0.15, 0.2) is 30.5 Å².